The molecule has 4 heteroatoms. The Hall–Kier alpha value is -1.71. The summed E-state index contributed by atoms with van der Waals surface area (Å²) >= 11 is 0. The average molecular weight is 207 g/mol. The number of hydrogen-bond donors (Lipinski definition) is 1. The second-order valence-corrected chi connectivity index (χ2v) is 3.53. The number of nitrogens with one attached hydrogen (secondary N) is 1. The van der Waals surface area contributed by atoms with Crippen LogP contribution in [0.3, 0.4) is 0 Å². The van der Waals surface area contributed by atoms with Gasteiger partial charge < -0.3 is 5.32 Å². The molecule has 0 bridgehead atoms. The van der Waals surface area contributed by atoms with E-state index >= 15 is 0 Å². The van der Waals surface area contributed by atoms with Gasteiger partial charge >= 0.3 is 0 Å². The largest absolute Gasteiger partial charge is 0.359 e. The van der Waals surface area contributed by atoms with Crippen LogP contribution in [0.15, 0.2) is 18.2 Å². The number of halogens is 1. The Balaban J connectivity index is 2.47. The number of hydrogen-bond acceptors (Lipinski definition) is 2. The van der Waals surface area contributed by atoms with Gasteiger partial charge in [-0.25, -0.2) is 4.39 Å². The van der Waals surface area contributed by atoms with Crippen molar-refractivity contribution in [1.29, 1.82) is 0 Å². The standard InChI is InChI=1S/C11H10FNO2/c1-13-11(15)9-5-10(14)8-4-6(12)2-3-7(8)9/h2-4,9H,5H2,1H3,(H,13,15). The Kier molecular flexibility index (Phi) is 2.26. The first-order valence-electron chi connectivity index (χ1n) is 4.67. The van der Waals surface area contributed by atoms with Crippen LogP contribution in [0.2, 0.25) is 0 Å². The third-order valence-electron chi connectivity index (χ3n) is 2.64. The molecule has 0 spiro atoms. The predicted octanol–water partition coefficient (Wildman–Crippen LogP) is 1.24. The molecule has 0 fully saturated rings. The van der Waals surface area contributed by atoms with Crippen LogP contribution in [0.5, 0.6) is 0 Å². The van der Waals surface area contributed by atoms with E-state index in [9.17, 15) is 14.0 Å². The smallest absolute Gasteiger partial charge is 0.227 e. The molecule has 1 amide bonds. The molecule has 78 valence electrons. The normalized spacial score (nSPS) is 18.8. The van der Waals surface area contributed by atoms with Crippen molar-refractivity contribution >= 4 is 11.7 Å². The molecule has 1 atom stereocenters. The third kappa shape index (κ3) is 1.52. The molecule has 0 saturated heterocycles. The van der Waals surface area contributed by atoms with E-state index in [1.807, 2.05) is 0 Å². The van der Waals surface area contributed by atoms with Crippen LogP contribution < -0.4 is 5.32 Å². The van der Waals surface area contributed by atoms with E-state index in [-0.39, 0.29) is 18.1 Å². The van der Waals surface area contributed by atoms with Crippen LogP contribution in [0.4, 0.5) is 4.39 Å². The summed E-state index contributed by atoms with van der Waals surface area (Å²) in [4.78, 5) is 23.0. The summed E-state index contributed by atoms with van der Waals surface area (Å²) in [5.74, 6) is -1.27. The van der Waals surface area contributed by atoms with E-state index in [0.717, 1.165) is 0 Å². The summed E-state index contributed by atoms with van der Waals surface area (Å²) in [5.41, 5.74) is 0.962. The first kappa shape index (κ1) is 9.83. The van der Waals surface area contributed by atoms with Crippen molar-refractivity contribution in [2.45, 2.75) is 12.3 Å². The molecule has 1 N–H and O–H groups in total. The van der Waals surface area contributed by atoms with Crippen LogP contribution in [0.1, 0.15) is 28.3 Å². The zero-order chi connectivity index (χ0) is 11.0. The molecule has 0 saturated carbocycles. The number of carbonyl (C=O) groups excluding carboxylic acids is 2. The van der Waals surface area contributed by atoms with E-state index in [2.05, 4.69) is 5.32 Å². The predicted molar refractivity (Wildman–Crippen MR) is 52.2 cm³/mol. The molecule has 1 aromatic rings. The second-order valence-electron chi connectivity index (χ2n) is 3.53. The van der Waals surface area contributed by atoms with Crippen molar-refractivity contribution in [3.05, 3.63) is 35.1 Å². The Bertz CT molecular complexity index is 442. The van der Waals surface area contributed by atoms with Gasteiger partial charge in [0, 0.05) is 19.0 Å². The molecule has 0 aliphatic heterocycles. The van der Waals surface area contributed by atoms with Gasteiger partial charge in [0.1, 0.15) is 5.82 Å². The molecule has 0 aromatic heterocycles. The Morgan fingerprint density at radius 3 is 2.93 bits per heavy atom. The van der Waals surface area contributed by atoms with Gasteiger partial charge in [-0.05, 0) is 17.7 Å². The molecule has 1 unspecified atom stereocenters. The van der Waals surface area contributed by atoms with Crippen LogP contribution >= 0.6 is 0 Å². The fraction of sp³-hybridized carbons (Fsp3) is 0.273. The minimum absolute atomic E-state index is 0.137. The van der Waals surface area contributed by atoms with Crippen molar-refractivity contribution in [3.8, 4) is 0 Å². The fourth-order valence-corrected chi connectivity index (χ4v) is 1.89. The SMILES string of the molecule is CNC(=O)C1CC(=O)c2cc(F)ccc21. The fourth-order valence-electron chi connectivity index (χ4n) is 1.89. The van der Waals surface area contributed by atoms with Gasteiger partial charge in [-0.15, -0.1) is 0 Å². The molecule has 1 aromatic carbocycles. The zero-order valence-electron chi connectivity index (χ0n) is 8.21. The lowest BCUT2D eigenvalue weighted by Crippen LogP contribution is -2.24. The quantitative estimate of drug-likeness (QED) is 0.753. The molecule has 15 heavy (non-hydrogen) atoms. The lowest BCUT2D eigenvalue weighted by molar-refractivity contribution is -0.121. The minimum atomic E-state index is -0.460. The number of rotatable bonds is 1. The van der Waals surface area contributed by atoms with Crippen LogP contribution in [0, 0.1) is 5.82 Å². The number of Topliss-reactive ketones (excluding diaryl/α,β-unsaturated/α-hetero) is 1. The van der Waals surface area contributed by atoms with Crippen molar-refractivity contribution in [3.63, 3.8) is 0 Å². The highest BCUT2D eigenvalue weighted by Gasteiger charge is 2.33. The van der Waals surface area contributed by atoms with E-state index in [1.165, 1.54) is 25.2 Å². The molecule has 0 heterocycles. The third-order valence-corrected chi connectivity index (χ3v) is 2.64. The van der Waals surface area contributed by atoms with Crippen LogP contribution in [0.25, 0.3) is 0 Å². The van der Waals surface area contributed by atoms with Gasteiger partial charge in [0.2, 0.25) is 5.91 Å². The van der Waals surface area contributed by atoms with Crippen LogP contribution in [-0.2, 0) is 4.79 Å². The summed E-state index contributed by atoms with van der Waals surface area (Å²) in [6, 6.07) is 3.98. The first-order chi connectivity index (χ1) is 7.13. The Morgan fingerprint density at radius 2 is 2.27 bits per heavy atom. The maximum Gasteiger partial charge on any atom is 0.227 e. The number of ketones is 1. The molecular weight excluding hydrogens is 197 g/mol. The number of benzene rings is 1. The highest BCUT2D eigenvalue weighted by molar-refractivity contribution is 6.06. The monoisotopic (exact) mass is 207 g/mol. The van der Waals surface area contributed by atoms with Crippen molar-refractivity contribution in [2.75, 3.05) is 7.05 Å². The molecule has 2 rings (SSSR count). The number of carbonyl (C=O) groups is 2. The topological polar surface area (TPSA) is 46.2 Å². The van der Waals surface area contributed by atoms with Gasteiger partial charge in [0.15, 0.2) is 5.78 Å². The maximum atomic E-state index is 12.9. The van der Waals surface area contributed by atoms with Crippen molar-refractivity contribution < 1.29 is 14.0 Å². The van der Waals surface area contributed by atoms with Gasteiger partial charge in [0.05, 0.1) is 5.92 Å². The second kappa shape index (κ2) is 3.46. The molecule has 1 aliphatic rings. The van der Waals surface area contributed by atoms with Crippen molar-refractivity contribution in [1.82, 2.24) is 5.32 Å². The molecule has 3 nitrogen and oxygen atoms in total. The summed E-state index contributed by atoms with van der Waals surface area (Å²) in [6.45, 7) is 0. The zero-order valence-corrected chi connectivity index (χ0v) is 8.21. The average Bonchev–Trinajstić information content (AvgIpc) is 2.55. The van der Waals surface area contributed by atoms with Gasteiger partial charge in [-0.3, -0.25) is 9.59 Å². The summed E-state index contributed by atoms with van der Waals surface area (Å²) in [7, 11) is 1.52. The lowest BCUT2D eigenvalue weighted by atomic mass is 10.0. The van der Waals surface area contributed by atoms with Gasteiger partial charge in [0.25, 0.3) is 0 Å². The molecular formula is C11H10FNO2. The summed E-state index contributed by atoms with van der Waals surface area (Å²) in [6.07, 6.45) is 0.137. The van der Waals surface area contributed by atoms with Crippen molar-refractivity contribution in [2.24, 2.45) is 0 Å². The first-order valence-corrected chi connectivity index (χ1v) is 4.67. The summed E-state index contributed by atoms with van der Waals surface area (Å²) < 4.78 is 12.9. The Morgan fingerprint density at radius 1 is 1.53 bits per heavy atom. The Labute approximate surface area is 86.3 Å². The van der Waals surface area contributed by atoms with E-state index in [4.69, 9.17) is 0 Å². The van der Waals surface area contributed by atoms with E-state index in [0.29, 0.717) is 11.1 Å². The lowest BCUT2D eigenvalue weighted by Gasteiger charge is -2.07. The molecule has 1 aliphatic carbocycles. The highest BCUT2D eigenvalue weighted by atomic mass is 19.1. The van der Waals surface area contributed by atoms with Gasteiger partial charge in [-0.2, -0.15) is 0 Å². The van der Waals surface area contributed by atoms with E-state index < -0.39 is 11.7 Å². The number of amides is 1. The van der Waals surface area contributed by atoms with Crippen LogP contribution in [-0.4, -0.2) is 18.7 Å². The highest BCUT2D eigenvalue weighted by Crippen LogP contribution is 2.33. The van der Waals surface area contributed by atoms with E-state index in [1.54, 1.807) is 0 Å². The molecule has 0 radical (unpaired) electrons. The number of fused-ring (bicyclic) bond motifs is 1. The summed E-state index contributed by atoms with van der Waals surface area (Å²) in [5, 5.41) is 2.50. The number of likely N-dealkylation sites (N-methyl/N-ethyl adjacent to an activating group) is 1. The maximum absolute atomic E-state index is 12.9. The minimum Gasteiger partial charge on any atom is -0.359 e. The van der Waals surface area contributed by atoms with Gasteiger partial charge in [-0.1, -0.05) is 6.07 Å².